The molecule has 0 radical (unpaired) electrons. The van der Waals surface area contributed by atoms with Gasteiger partial charge >= 0.3 is 6.03 Å². The molecule has 3 rings (SSSR count). The zero-order valence-corrected chi connectivity index (χ0v) is 15.0. The number of urea groups is 1. The molecule has 2 N–H and O–H groups in total. The van der Waals surface area contributed by atoms with Crippen LogP contribution in [0.25, 0.3) is 11.5 Å². The summed E-state index contributed by atoms with van der Waals surface area (Å²) in [5, 5.41) is 5.83. The monoisotopic (exact) mass is 349 g/mol. The van der Waals surface area contributed by atoms with Crippen LogP contribution in [0.5, 0.6) is 0 Å². The number of hydrogen-bond acceptors (Lipinski definition) is 3. The van der Waals surface area contributed by atoms with Crippen LogP contribution in [-0.4, -0.2) is 17.6 Å². The Morgan fingerprint density at radius 1 is 1.12 bits per heavy atom. The van der Waals surface area contributed by atoms with Crippen LogP contribution in [0, 0.1) is 6.92 Å². The number of benzene rings is 2. The molecule has 0 aliphatic heterocycles. The van der Waals surface area contributed by atoms with Crippen molar-refractivity contribution >= 4 is 6.03 Å². The maximum absolute atomic E-state index is 12.1. The topological polar surface area (TPSA) is 67.2 Å². The van der Waals surface area contributed by atoms with E-state index in [0.29, 0.717) is 18.9 Å². The van der Waals surface area contributed by atoms with E-state index >= 15 is 0 Å². The van der Waals surface area contributed by atoms with E-state index in [-0.39, 0.29) is 12.1 Å². The number of carbonyl (C=O) groups excluding carboxylic acids is 1. The maximum Gasteiger partial charge on any atom is 0.315 e. The number of hydrogen-bond donors (Lipinski definition) is 2. The quantitative estimate of drug-likeness (QED) is 0.699. The zero-order valence-electron chi connectivity index (χ0n) is 15.0. The van der Waals surface area contributed by atoms with Gasteiger partial charge in [-0.05, 0) is 37.1 Å². The summed E-state index contributed by atoms with van der Waals surface area (Å²) in [5.41, 5.74) is 4.04. The van der Waals surface area contributed by atoms with Gasteiger partial charge in [0.2, 0.25) is 5.89 Å². The Hall–Kier alpha value is -3.08. The minimum Gasteiger partial charge on any atom is -0.444 e. The first-order valence-corrected chi connectivity index (χ1v) is 8.73. The van der Waals surface area contributed by atoms with Gasteiger partial charge in [-0.2, -0.15) is 0 Å². The van der Waals surface area contributed by atoms with Crippen LogP contribution in [0.15, 0.2) is 65.3 Å². The van der Waals surface area contributed by atoms with E-state index < -0.39 is 0 Å². The van der Waals surface area contributed by atoms with Gasteiger partial charge in [0, 0.05) is 18.5 Å². The molecule has 1 heterocycles. The van der Waals surface area contributed by atoms with Crippen LogP contribution >= 0.6 is 0 Å². The van der Waals surface area contributed by atoms with Crippen LogP contribution < -0.4 is 10.6 Å². The molecular formula is C21H23N3O2. The number of rotatable bonds is 6. The second-order valence-corrected chi connectivity index (χ2v) is 6.24. The largest absolute Gasteiger partial charge is 0.444 e. The molecule has 0 saturated carbocycles. The fourth-order valence-electron chi connectivity index (χ4n) is 2.84. The Bertz CT molecular complexity index is 858. The van der Waals surface area contributed by atoms with E-state index in [1.165, 1.54) is 0 Å². The number of aryl methyl sites for hydroxylation is 1. The van der Waals surface area contributed by atoms with Gasteiger partial charge in [-0.15, -0.1) is 0 Å². The highest BCUT2D eigenvalue weighted by molar-refractivity contribution is 5.74. The van der Waals surface area contributed by atoms with Gasteiger partial charge in [0.15, 0.2) is 0 Å². The second kappa shape index (κ2) is 8.34. The van der Waals surface area contributed by atoms with Crippen molar-refractivity contribution in [1.82, 2.24) is 15.6 Å². The molecule has 0 aliphatic rings. The Kier molecular flexibility index (Phi) is 5.69. The lowest BCUT2D eigenvalue weighted by atomic mass is 10.0. The number of carbonyl (C=O) groups is 1. The third-order valence-corrected chi connectivity index (χ3v) is 4.24. The van der Waals surface area contributed by atoms with Crippen molar-refractivity contribution in [3.8, 4) is 11.5 Å². The van der Waals surface area contributed by atoms with Gasteiger partial charge in [0.05, 0.1) is 11.7 Å². The summed E-state index contributed by atoms with van der Waals surface area (Å²) in [6, 6.07) is 17.6. The van der Waals surface area contributed by atoms with Crippen LogP contribution in [0.4, 0.5) is 4.79 Å². The van der Waals surface area contributed by atoms with Crippen LogP contribution in [0.1, 0.15) is 29.8 Å². The number of nitrogens with one attached hydrogen (secondary N) is 2. The van der Waals surface area contributed by atoms with Crippen LogP contribution in [0.2, 0.25) is 0 Å². The van der Waals surface area contributed by atoms with E-state index in [0.717, 1.165) is 22.4 Å². The van der Waals surface area contributed by atoms with E-state index in [1.54, 1.807) is 6.26 Å². The zero-order chi connectivity index (χ0) is 18.4. The molecule has 1 aromatic heterocycles. The number of oxazole rings is 1. The fraction of sp³-hybridized carbons (Fsp3) is 0.238. The summed E-state index contributed by atoms with van der Waals surface area (Å²) in [6.45, 7) is 4.51. The van der Waals surface area contributed by atoms with Crippen molar-refractivity contribution in [3.63, 3.8) is 0 Å². The molecule has 0 bridgehead atoms. The van der Waals surface area contributed by atoms with Crippen molar-refractivity contribution in [2.45, 2.75) is 26.3 Å². The van der Waals surface area contributed by atoms with Crippen LogP contribution in [-0.2, 0) is 6.42 Å². The van der Waals surface area contributed by atoms with Gasteiger partial charge in [0.1, 0.15) is 6.26 Å². The second-order valence-electron chi connectivity index (χ2n) is 6.24. The molecule has 2 aromatic carbocycles. The van der Waals surface area contributed by atoms with Crippen molar-refractivity contribution in [2.24, 2.45) is 0 Å². The maximum atomic E-state index is 12.1. The van der Waals surface area contributed by atoms with Crippen LogP contribution in [0.3, 0.4) is 0 Å². The standard InChI is InChI=1S/C21H23N3O2/c1-15-8-6-7-11-19(15)16(2)23-21(25)22-13-12-18-14-26-20(24-18)17-9-4-3-5-10-17/h3-11,14,16H,12-13H2,1-2H3,(H2,22,23,25). The summed E-state index contributed by atoms with van der Waals surface area (Å²) >= 11 is 0. The average molecular weight is 349 g/mol. The molecular weight excluding hydrogens is 326 g/mol. The Morgan fingerprint density at radius 3 is 2.62 bits per heavy atom. The SMILES string of the molecule is Cc1ccccc1C(C)NC(=O)NCCc1coc(-c2ccccc2)n1. The van der Waals surface area contributed by atoms with E-state index in [9.17, 15) is 4.79 Å². The minimum atomic E-state index is -0.187. The molecule has 0 saturated heterocycles. The molecule has 5 nitrogen and oxygen atoms in total. The molecule has 2 amide bonds. The third-order valence-electron chi connectivity index (χ3n) is 4.24. The lowest BCUT2D eigenvalue weighted by Gasteiger charge is -2.16. The molecule has 1 unspecified atom stereocenters. The molecule has 5 heteroatoms. The smallest absolute Gasteiger partial charge is 0.315 e. The van der Waals surface area contributed by atoms with Gasteiger partial charge < -0.3 is 15.1 Å². The number of nitrogens with zero attached hydrogens (tertiary/aromatic N) is 1. The lowest BCUT2D eigenvalue weighted by Crippen LogP contribution is -2.38. The van der Waals surface area contributed by atoms with Crippen molar-refractivity contribution in [3.05, 3.63) is 77.7 Å². The number of aromatic nitrogens is 1. The normalized spacial score (nSPS) is 11.8. The predicted octanol–water partition coefficient (Wildman–Crippen LogP) is 4.25. The van der Waals surface area contributed by atoms with Crippen molar-refractivity contribution < 1.29 is 9.21 Å². The minimum absolute atomic E-state index is 0.0482. The van der Waals surface area contributed by atoms with Gasteiger partial charge in [-0.25, -0.2) is 9.78 Å². The third kappa shape index (κ3) is 4.51. The first-order chi connectivity index (χ1) is 12.6. The van der Waals surface area contributed by atoms with Crippen molar-refractivity contribution in [1.29, 1.82) is 0 Å². The van der Waals surface area contributed by atoms with Gasteiger partial charge in [-0.1, -0.05) is 42.5 Å². The summed E-state index contributed by atoms with van der Waals surface area (Å²) in [7, 11) is 0. The predicted molar refractivity (Wildman–Crippen MR) is 102 cm³/mol. The first-order valence-electron chi connectivity index (χ1n) is 8.73. The summed E-state index contributed by atoms with van der Waals surface area (Å²) in [4.78, 5) is 16.5. The highest BCUT2D eigenvalue weighted by atomic mass is 16.3. The molecule has 1 atom stereocenters. The Labute approximate surface area is 153 Å². The van der Waals surface area contributed by atoms with Gasteiger partial charge in [0.25, 0.3) is 0 Å². The first kappa shape index (κ1) is 17.7. The molecule has 0 aliphatic carbocycles. The lowest BCUT2D eigenvalue weighted by molar-refractivity contribution is 0.238. The fourth-order valence-corrected chi connectivity index (χ4v) is 2.84. The molecule has 26 heavy (non-hydrogen) atoms. The van der Waals surface area contributed by atoms with E-state index in [1.807, 2.05) is 68.4 Å². The summed E-state index contributed by atoms with van der Waals surface area (Å²) < 4.78 is 5.50. The summed E-state index contributed by atoms with van der Waals surface area (Å²) in [5.74, 6) is 0.596. The molecule has 3 aromatic rings. The van der Waals surface area contributed by atoms with Gasteiger partial charge in [-0.3, -0.25) is 0 Å². The number of amides is 2. The summed E-state index contributed by atoms with van der Waals surface area (Å²) in [6.07, 6.45) is 2.25. The molecule has 0 fully saturated rings. The molecule has 134 valence electrons. The average Bonchev–Trinajstić information content (AvgIpc) is 3.11. The molecule has 0 spiro atoms. The highest BCUT2D eigenvalue weighted by Gasteiger charge is 2.11. The van der Waals surface area contributed by atoms with E-state index in [2.05, 4.69) is 15.6 Å². The Balaban J connectivity index is 1.47. The Morgan fingerprint density at radius 2 is 1.85 bits per heavy atom. The van der Waals surface area contributed by atoms with Crippen molar-refractivity contribution in [2.75, 3.05) is 6.54 Å². The van der Waals surface area contributed by atoms with E-state index in [4.69, 9.17) is 4.42 Å². The highest BCUT2D eigenvalue weighted by Crippen LogP contribution is 2.18.